The molecule has 2 aliphatic rings. The Morgan fingerprint density at radius 3 is 2.57 bits per heavy atom. The van der Waals surface area contributed by atoms with Gasteiger partial charge in [-0.05, 0) is 38.8 Å². The van der Waals surface area contributed by atoms with Gasteiger partial charge in [-0.15, -0.1) is 0 Å². The zero-order chi connectivity index (χ0) is 21.7. The van der Waals surface area contributed by atoms with Crippen LogP contribution in [0.2, 0.25) is 0 Å². The molecule has 1 aromatic rings. The molecule has 0 bridgehead atoms. The fourth-order valence-corrected chi connectivity index (χ4v) is 4.01. The van der Waals surface area contributed by atoms with Gasteiger partial charge in [0.25, 0.3) is 0 Å². The molecule has 2 aliphatic heterocycles. The number of benzene rings is 1. The molecule has 0 radical (unpaired) electrons. The first-order valence-corrected chi connectivity index (χ1v) is 10.6. The Hall–Kier alpha value is -2.54. The van der Waals surface area contributed by atoms with Crippen molar-refractivity contribution in [2.45, 2.75) is 39.2 Å². The quantitative estimate of drug-likeness (QED) is 0.693. The minimum Gasteiger partial charge on any atom is -0.497 e. The summed E-state index contributed by atoms with van der Waals surface area (Å²) in [5, 5.41) is 3.17. The normalized spacial score (nSPS) is 20.2. The lowest BCUT2D eigenvalue weighted by atomic mass is 10.0. The van der Waals surface area contributed by atoms with E-state index in [4.69, 9.17) is 9.47 Å². The molecule has 2 fully saturated rings. The molecule has 2 saturated heterocycles. The maximum absolute atomic E-state index is 12.8. The highest BCUT2D eigenvalue weighted by Gasteiger charge is 2.37. The van der Waals surface area contributed by atoms with Crippen molar-refractivity contribution in [1.82, 2.24) is 10.2 Å². The van der Waals surface area contributed by atoms with Crippen molar-refractivity contribution >= 4 is 17.5 Å². The average Bonchev–Trinajstić information content (AvgIpc) is 3.14. The van der Waals surface area contributed by atoms with Crippen LogP contribution in [-0.2, 0) is 9.59 Å². The molecule has 0 aromatic heterocycles. The van der Waals surface area contributed by atoms with Crippen molar-refractivity contribution in [3.63, 3.8) is 0 Å². The Kier molecular flexibility index (Phi) is 7.37. The summed E-state index contributed by atoms with van der Waals surface area (Å²) < 4.78 is 10.7. The molecular formula is C23H33N3O4. The highest BCUT2D eigenvalue weighted by Crippen LogP contribution is 2.36. The molecule has 3 rings (SSSR count). The Balaban J connectivity index is 1.57. The summed E-state index contributed by atoms with van der Waals surface area (Å²) in [5.74, 6) is 0.783. The van der Waals surface area contributed by atoms with Crippen molar-refractivity contribution in [3.8, 4) is 11.5 Å². The van der Waals surface area contributed by atoms with Crippen LogP contribution in [0.5, 0.6) is 11.5 Å². The van der Waals surface area contributed by atoms with Crippen molar-refractivity contribution in [2.24, 2.45) is 5.92 Å². The van der Waals surface area contributed by atoms with Crippen LogP contribution in [0.25, 0.3) is 0 Å². The van der Waals surface area contributed by atoms with Crippen LogP contribution in [0, 0.1) is 5.92 Å². The van der Waals surface area contributed by atoms with Gasteiger partial charge in [-0.3, -0.25) is 14.5 Å². The summed E-state index contributed by atoms with van der Waals surface area (Å²) in [6.07, 6.45) is 4.34. The number of hydrogen-bond donors (Lipinski definition) is 1. The van der Waals surface area contributed by atoms with E-state index >= 15 is 0 Å². The number of ether oxygens (including phenoxy) is 2. The lowest BCUT2D eigenvalue weighted by Gasteiger charge is -2.32. The highest BCUT2D eigenvalue weighted by atomic mass is 16.5. The second-order valence-corrected chi connectivity index (χ2v) is 8.31. The van der Waals surface area contributed by atoms with E-state index in [1.807, 2.05) is 0 Å². The molecule has 2 amide bonds. The lowest BCUT2D eigenvalue weighted by Crippen LogP contribution is -2.46. The number of nitrogens with one attached hydrogen (secondary N) is 1. The number of carbonyl (C=O) groups is 2. The number of piperidine rings is 1. The third-order valence-electron chi connectivity index (χ3n) is 5.86. The van der Waals surface area contributed by atoms with Gasteiger partial charge in [0.05, 0.1) is 25.8 Å². The molecule has 30 heavy (non-hydrogen) atoms. The van der Waals surface area contributed by atoms with E-state index in [9.17, 15) is 9.59 Å². The van der Waals surface area contributed by atoms with Crippen molar-refractivity contribution in [3.05, 3.63) is 29.8 Å². The van der Waals surface area contributed by atoms with Crippen LogP contribution < -0.4 is 19.7 Å². The summed E-state index contributed by atoms with van der Waals surface area (Å²) in [7, 11) is 3.15. The number of likely N-dealkylation sites (tertiary alicyclic amines) is 1. The van der Waals surface area contributed by atoms with Gasteiger partial charge in [-0.2, -0.15) is 0 Å². The number of nitrogens with zero attached hydrogens (tertiary/aromatic N) is 2. The molecule has 1 N–H and O–H groups in total. The molecule has 1 unspecified atom stereocenters. The van der Waals surface area contributed by atoms with Gasteiger partial charge in [-0.1, -0.05) is 11.6 Å². The first-order chi connectivity index (χ1) is 14.4. The van der Waals surface area contributed by atoms with Gasteiger partial charge in [-0.25, -0.2) is 0 Å². The van der Waals surface area contributed by atoms with E-state index in [-0.39, 0.29) is 30.2 Å². The van der Waals surface area contributed by atoms with Gasteiger partial charge in [0.2, 0.25) is 11.8 Å². The maximum Gasteiger partial charge on any atom is 0.227 e. The highest BCUT2D eigenvalue weighted by molar-refractivity contribution is 6.01. The Morgan fingerprint density at radius 1 is 1.20 bits per heavy atom. The van der Waals surface area contributed by atoms with Gasteiger partial charge in [0.15, 0.2) is 0 Å². The smallest absolute Gasteiger partial charge is 0.227 e. The number of amides is 2. The Labute approximate surface area is 179 Å². The molecule has 0 spiro atoms. The fraction of sp³-hybridized carbons (Fsp3) is 0.565. The number of rotatable bonds is 7. The lowest BCUT2D eigenvalue weighted by molar-refractivity contribution is -0.127. The van der Waals surface area contributed by atoms with Crippen LogP contribution in [0.1, 0.15) is 33.1 Å². The number of hydrogen-bond acceptors (Lipinski definition) is 5. The van der Waals surface area contributed by atoms with E-state index in [0.29, 0.717) is 23.7 Å². The zero-order valence-corrected chi connectivity index (χ0v) is 18.4. The number of anilines is 1. The molecule has 164 valence electrons. The standard InChI is InChI=1S/C23H33N3O4/c1-16(2)7-10-25-11-8-18(9-12-25)24-23(28)17-13-22(27)26(15-17)20-14-19(29-3)5-6-21(20)30-4/h5-7,14,17-18H,8-13,15H2,1-4H3,(H,24,28). The van der Waals surface area contributed by atoms with Crippen molar-refractivity contribution < 1.29 is 19.1 Å². The fourth-order valence-electron chi connectivity index (χ4n) is 4.01. The first-order valence-electron chi connectivity index (χ1n) is 10.6. The second-order valence-electron chi connectivity index (χ2n) is 8.31. The topological polar surface area (TPSA) is 71.1 Å². The molecule has 7 nitrogen and oxygen atoms in total. The zero-order valence-electron chi connectivity index (χ0n) is 18.4. The molecule has 0 saturated carbocycles. The Morgan fingerprint density at radius 2 is 1.93 bits per heavy atom. The minimum atomic E-state index is -0.350. The van der Waals surface area contributed by atoms with Crippen LogP contribution in [-0.4, -0.2) is 63.2 Å². The summed E-state index contributed by atoms with van der Waals surface area (Å²) >= 11 is 0. The van der Waals surface area contributed by atoms with Gasteiger partial charge in [0.1, 0.15) is 11.5 Å². The molecule has 0 aliphatic carbocycles. The molecule has 1 atom stereocenters. The van der Waals surface area contributed by atoms with Gasteiger partial charge >= 0.3 is 0 Å². The maximum atomic E-state index is 12.8. The third kappa shape index (κ3) is 5.33. The monoisotopic (exact) mass is 415 g/mol. The van der Waals surface area contributed by atoms with Crippen LogP contribution in [0.15, 0.2) is 29.8 Å². The van der Waals surface area contributed by atoms with E-state index in [2.05, 4.69) is 30.1 Å². The number of carbonyl (C=O) groups excluding carboxylic acids is 2. The van der Waals surface area contributed by atoms with Crippen LogP contribution >= 0.6 is 0 Å². The van der Waals surface area contributed by atoms with E-state index in [1.165, 1.54) is 5.57 Å². The summed E-state index contributed by atoms with van der Waals surface area (Å²) in [6.45, 7) is 7.50. The van der Waals surface area contributed by atoms with Crippen LogP contribution in [0.4, 0.5) is 5.69 Å². The van der Waals surface area contributed by atoms with Gasteiger partial charge < -0.3 is 19.7 Å². The molecule has 2 heterocycles. The first kappa shape index (κ1) is 22.2. The largest absolute Gasteiger partial charge is 0.497 e. The van der Waals surface area contributed by atoms with E-state index in [1.54, 1.807) is 37.3 Å². The predicted octanol–water partition coefficient (Wildman–Crippen LogP) is 2.60. The Bertz CT molecular complexity index is 796. The third-order valence-corrected chi connectivity index (χ3v) is 5.86. The summed E-state index contributed by atoms with van der Waals surface area (Å²) in [5.41, 5.74) is 1.97. The van der Waals surface area contributed by atoms with E-state index in [0.717, 1.165) is 32.5 Å². The van der Waals surface area contributed by atoms with Crippen molar-refractivity contribution in [2.75, 3.05) is 45.3 Å². The number of allylic oxidation sites excluding steroid dienone is 1. The van der Waals surface area contributed by atoms with Crippen LogP contribution in [0.3, 0.4) is 0 Å². The van der Waals surface area contributed by atoms with E-state index < -0.39 is 0 Å². The van der Waals surface area contributed by atoms with Gasteiger partial charge in [0, 0.05) is 44.7 Å². The summed E-state index contributed by atoms with van der Waals surface area (Å²) in [6, 6.07) is 5.52. The minimum absolute atomic E-state index is 0.0320. The second kappa shape index (κ2) is 9.98. The average molecular weight is 416 g/mol. The molecular weight excluding hydrogens is 382 g/mol. The SMILES string of the molecule is COc1ccc(OC)c(N2CC(C(=O)NC3CCN(CC=C(C)C)CC3)CC2=O)c1. The predicted molar refractivity (Wildman–Crippen MR) is 117 cm³/mol. The molecule has 1 aromatic carbocycles. The summed E-state index contributed by atoms with van der Waals surface area (Å²) in [4.78, 5) is 29.5. The number of methoxy groups -OCH3 is 2. The van der Waals surface area contributed by atoms with Crippen molar-refractivity contribution in [1.29, 1.82) is 0 Å². The molecule has 7 heteroatoms.